The molecule has 0 aliphatic heterocycles. The minimum absolute atomic E-state index is 0.894. The zero-order valence-electron chi connectivity index (χ0n) is 33.5. The highest BCUT2D eigenvalue weighted by molar-refractivity contribution is 6.09. The van der Waals surface area contributed by atoms with Crippen LogP contribution in [-0.2, 0) is 0 Å². The van der Waals surface area contributed by atoms with E-state index < -0.39 is 0 Å². The maximum Gasteiger partial charge on any atom is 0.135 e. The second kappa shape index (κ2) is 14.4. The third-order valence-electron chi connectivity index (χ3n) is 12.5. The monoisotopic (exact) mass is 780 g/mol. The van der Waals surface area contributed by atoms with Crippen molar-refractivity contribution in [2.24, 2.45) is 0 Å². The largest absolute Gasteiger partial charge is 0.456 e. The second-order valence-corrected chi connectivity index (χ2v) is 16.0. The van der Waals surface area contributed by atoms with Crippen molar-refractivity contribution in [2.45, 2.75) is 12.8 Å². The van der Waals surface area contributed by atoms with Crippen molar-refractivity contribution in [3.05, 3.63) is 230 Å². The smallest absolute Gasteiger partial charge is 0.135 e. The van der Waals surface area contributed by atoms with E-state index in [1.165, 1.54) is 54.9 Å². The summed E-state index contributed by atoms with van der Waals surface area (Å²) in [6, 6.07) is 74.6. The number of hydrogen-bond donors (Lipinski definition) is 0. The summed E-state index contributed by atoms with van der Waals surface area (Å²) < 4.78 is 8.62. The molecular formula is C58H40N2O. The molecule has 3 nitrogen and oxygen atoms in total. The van der Waals surface area contributed by atoms with Gasteiger partial charge in [0.15, 0.2) is 0 Å². The van der Waals surface area contributed by atoms with E-state index in [9.17, 15) is 0 Å². The van der Waals surface area contributed by atoms with Crippen molar-refractivity contribution in [3.8, 4) is 16.8 Å². The summed E-state index contributed by atoms with van der Waals surface area (Å²) in [7, 11) is 0. The van der Waals surface area contributed by atoms with Crippen LogP contribution in [0.4, 0.5) is 17.1 Å². The number of fused-ring (bicyclic) bond motifs is 7. The Labute approximate surface area is 354 Å². The Hall–Kier alpha value is -7.88. The van der Waals surface area contributed by atoms with Crippen molar-refractivity contribution in [1.29, 1.82) is 0 Å². The molecule has 0 saturated carbocycles. The highest BCUT2D eigenvalue weighted by atomic mass is 16.3. The lowest BCUT2D eigenvalue weighted by Crippen LogP contribution is -2.11. The Morgan fingerprint density at radius 3 is 1.84 bits per heavy atom. The van der Waals surface area contributed by atoms with E-state index >= 15 is 0 Å². The van der Waals surface area contributed by atoms with E-state index in [2.05, 4.69) is 216 Å². The van der Waals surface area contributed by atoms with Gasteiger partial charge in [0.25, 0.3) is 0 Å². The van der Waals surface area contributed by atoms with Gasteiger partial charge in [-0.1, -0.05) is 140 Å². The standard InChI is InChI=1S/C58H40N2O/c1-2-13-41-37-44(25-24-39(41)12-1)43-15-11-14-42(36-43)40-26-29-46(30-27-40)59(47-31-33-48(34-32-47)60-55-21-8-4-17-50(55)51-18-5-9-22-56(51)60)54-20-7-3-16-49(54)45-28-35-58-53(38-45)52-19-6-10-23-57(52)61-58/h1-10,12-14,16-38H,11,15H2. The molecule has 9 aromatic carbocycles. The van der Waals surface area contributed by atoms with Crippen LogP contribution in [0.2, 0.25) is 0 Å². The molecule has 0 saturated heterocycles. The Kier molecular flexibility index (Phi) is 8.31. The number of rotatable bonds is 7. The van der Waals surface area contributed by atoms with Crippen LogP contribution in [0.25, 0.3) is 82.5 Å². The van der Waals surface area contributed by atoms with E-state index in [0.717, 1.165) is 68.7 Å². The van der Waals surface area contributed by atoms with Crippen LogP contribution >= 0.6 is 0 Å². The number of allylic oxidation sites excluding steroid dienone is 4. The van der Waals surface area contributed by atoms with E-state index in [-0.39, 0.29) is 0 Å². The SMILES string of the molecule is C1=C(c2ccc(N(c3ccc(-n4c5ccccc5c5ccccc54)cc3)c3ccccc3-c3ccc4oc5ccccc5c4c3)cc2)C=C(c2ccc3ccccc3c2)CC1. The fourth-order valence-corrected chi connectivity index (χ4v) is 9.51. The van der Waals surface area contributed by atoms with Gasteiger partial charge in [0.2, 0.25) is 0 Å². The molecule has 11 aromatic rings. The van der Waals surface area contributed by atoms with Gasteiger partial charge in [0, 0.05) is 44.2 Å². The Morgan fingerprint density at radius 1 is 0.443 bits per heavy atom. The molecule has 0 radical (unpaired) electrons. The molecule has 2 heterocycles. The number of benzene rings is 9. The minimum atomic E-state index is 0.894. The molecule has 12 rings (SSSR count). The van der Waals surface area contributed by atoms with Crippen molar-refractivity contribution >= 4 is 82.7 Å². The van der Waals surface area contributed by atoms with Gasteiger partial charge in [-0.25, -0.2) is 0 Å². The molecule has 61 heavy (non-hydrogen) atoms. The maximum atomic E-state index is 6.24. The molecule has 0 bridgehead atoms. The average Bonchev–Trinajstić information content (AvgIpc) is 3.88. The number of hydrogen-bond acceptors (Lipinski definition) is 2. The van der Waals surface area contributed by atoms with Gasteiger partial charge in [-0.05, 0) is 130 Å². The molecule has 0 atom stereocenters. The highest BCUT2D eigenvalue weighted by Crippen LogP contribution is 2.44. The second-order valence-electron chi connectivity index (χ2n) is 16.0. The van der Waals surface area contributed by atoms with Crippen LogP contribution in [0.3, 0.4) is 0 Å². The van der Waals surface area contributed by atoms with Gasteiger partial charge >= 0.3 is 0 Å². The number of anilines is 3. The van der Waals surface area contributed by atoms with Gasteiger partial charge in [0.1, 0.15) is 11.2 Å². The lowest BCUT2D eigenvalue weighted by Gasteiger charge is -2.28. The molecule has 0 fully saturated rings. The lowest BCUT2D eigenvalue weighted by atomic mass is 9.90. The topological polar surface area (TPSA) is 21.3 Å². The van der Waals surface area contributed by atoms with Gasteiger partial charge in [0.05, 0.1) is 16.7 Å². The van der Waals surface area contributed by atoms with Crippen LogP contribution in [-0.4, -0.2) is 4.57 Å². The molecule has 0 N–H and O–H groups in total. The quantitative estimate of drug-likeness (QED) is 0.161. The van der Waals surface area contributed by atoms with Crippen molar-refractivity contribution in [2.75, 3.05) is 4.90 Å². The van der Waals surface area contributed by atoms with E-state index in [0.29, 0.717) is 0 Å². The molecule has 3 heteroatoms. The van der Waals surface area contributed by atoms with Gasteiger partial charge in [-0.15, -0.1) is 0 Å². The number of para-hydroxylation sites is 4. The normalized spacial score (nSPS) is 13.0. The summed E-state index contributed by atoms with van der Waals surface area (Å²) in [5.74, 6) is 0. The molecule has 1 aliphatic rings. The fourth-order valence-electron chi connectivity index (χ4n) is 9.51. The zero-order chi connectivity index (χ0) is 40.3. The molecule has 0 amide bonds. The van der Waals surface area contributed by atoms with Crippen LogP contribution in [0, 0.1) is 0 Å². The first-order valence-corrected chi connectivity index (χ1v) is 21.1. The van der Waals surface area contributed by atoms with Crippen LogP contribution in [0.1, 0.15) is 24.0 Å². The summed E-state index contributed by atoms with van der Waals surface area (Å²) >= 11 is 0. The van der Waals surface area contributed by atoms with E-state index in [1.807, 2.05) is 12.1 Å². The predicted octanol–water partition coefficient (Wildman–Crippen LogP) is 16.2. The number of aromatic nitrogens is 1. The van der Waals surface area contributed by atoms with E-state index in [4.69, 9.17) is 4.42 Å². The van der Waals surface area contributed by atoms with Gasteiger partial charge < -0.3 is 13.9 Å². The summed E-state index contributed by atoms with van der Waals surface area (Å²) in [6.45, 7) is 0. The first-order valence-electron chi connectivity index (χ1n) is 21.1. The molecule has 288 valence electrons. The van der Waals surface area contributed by atoms with Gasteiger partial charge in [-0.3, -0.25) is 0 Å². The van der Waals surface area contributed by atoms with Gasteiger partial charge in [-0.2, -0.15) is 0 Å². The fraction of sp³-hybridized carbons (Fsp3) is 0.0345. The predicted molar refractivity (Wildman–Crippen MR) is 257 cm³/mol. The van der Waals surface area contributed by atoms with Crippen LogP contribution in [0.15, 0.2) is 223 Å². The van der Waals surface area contributed by atoms with Crippen LogP contribution in [0.5, 0.6) is 0 Å². The number of furan rings is 1. The number of nitrogens with zero attached hydrogens (tertiary/aromatic N) is 2. The molecule has 0 unspecified atom stereocenters. The molecule has 2 aromatic heterocycles. The third kappa shape index (κ3) is 6.05. The zero-order valence-corrected chi connectivity index (χ0v) is 33.5. The molecule has 0 spiro atoms. The first-order chi connectivity index (χ1) is 30.2. The summed E-state index contributed by atoms with van der Waals surface area (Å²) in [6.07, 6.45) is 6.83. The molecule has 1 aliphatic carbocycles. The first kappa shape index (κ1) is 35.1. The molecular weight excluding hydrogens is 741 g/mol. The third-order valence-corrected chi connectivity index (χ3v) is 12.5. The Balaban J connectivity index is 0.968. The van der Waals surface area contributed by atoms with Crippen molar-refractivity contribution < 1.29 is 4.42 Å². The minimum Gasteiger partial charge on any atom is -0.456 e. The highest BCUT2D eigenvalue weighted by Gasteiger charge is 2.20. The van der Waals surface area contributed by atoms with Crippen molar-refractivity contribution in [3.63, 3.8) is 0 Å². The van der Waals surface area contributed by atoms with Crippen molar-refractivity contribution in [1.82, 2.24) is 4.57 Å². The summed E-state index contributed by atoms with van der Waals surface area (Å²) in [4.78, 5) is 2.40. The Bertz CT molecular complexity index is 3470. The maximum absolute atomic E-state index is 6.24. The Morgan fingerprint density at radius 2 is 1.05 bits per heavy atom. The summed E-state index contributed by atoms with van der Waals surface area (Å²) in [5.41, 5.74) is 16.0. The lowest BCUT2D eigenvalue weighted by molar-refractivity contribution is 0.669. The van der Waals surface area contributed by atoms with Crippen LogP contribution < -0.4 is 4.90 Å². The average molecular weight is 781 g/mol. The van der Waals surface area contributed by atoms with E-state index in [1.54, 1.807) is 0 Å². The summed E-state index contributed by atoms with van der Waals surface area (Å²) in [5, 5.41) is 7.31.